The van der Waals surface area contributed by atoms with E-state index in [4.69, 9.17) is 0 Å². The topological polar surface area (TPSA) is 86.8 Å². The third kappa shape index (κ3) is 7.28. The zero-order chi connectivity index (χ0) is 25.6. The third-order valence-corrected chi connectivity index (χ3v) is 6.86. The van der Waals surface area contributed by atoms with Crippen molar-refractivity contribution in [1.29, 1.82) is 0 Å². The summed E-state index contributed by atoms with van der Waals surface area (Å²) in [5.74, 6) is -1.30. The molecule has 0 aromatic heterocycles. The summed E-state index contributed by atoms with van der Waals surface area (Å²) in [6.07, 6.45) is 1.77. The van der Waals surface area contributed by atoms with Crippen LogP contribution in [0.1, 0.15) is 43.9 Å². The molecule has 0 aliphatic rings. The normalized spacial score (nSPS) is 13.1. The Labute approximate surface area is 202 Å². The van der Waals surface area contributed by atoms with E-state index < -0.39 is 34.3 Å². The molecule has 2 rings (SSSR count). The number of hydrogen-bond acceptors (Lipinski definition) is 4. The minimum Gasteiger partial charge on any atom is -0.352 e. The molecule has 0 saturated heterocycles. The predicted octanol–water partition coefficient (Wildman–Crippen LogP) is 3.54. The van der Waals surface area contributed by atoms with Gasteiger partial charge in [0.1, 0.15) is 18.4 Å². The number of hydrogen-bond donors (Lipinski definition) is 1. The molecule has 7 nitrogen and oxygen atoms in total. The molecule has 0 heterocycles. The van der Waals surface area contributed by atoms with Crippen molar-refractivity contribution in [2.75, 3.05) is 17.1 Å². The molecule has 2 amide bonds. The lowest BCUT2D eigenvalue weighted by Crippen LogP contribution is -2.52. The smallest absolute Gasteiger partial charge is 0.244 e. The first-order valence-electron chi connectivity index (χ1n) is 11.2. The van der Waals surface area contributed by atoms with Crippen LogP contribution in [-0.4, -0.2) is 50.0 Å². The Balaban J connectivity index is 2.41. The second-order valence-corrected chi connectivity index (χ2v) is 10.6. The van der Waals surface area contributed by atoms with Crippen molar-refractivity contribution in [2.24, 2.45) is 0 Å². The Kier molecular flexibility index (Phi) is 9.21. The molecule has 9 heteroatoms. The van der Waals surface area contributed by atoms with Gasteiger partial charge in [-0.15, -0.1) is 0 Å². The number of sulfonamides is 1. The van der Waals surface area contributed by atoms with Gasteiger partial charge < -0.3 is 10.2 Å². The summed E-state index contributed by atoms with van der Waals surface area (Å²) in [4.78, 5) is 27.7. The van der Waals surface area contributed by atoms with Crippen molar-refractivity contribution in [2.45, 2.75) is 59.7 Å². The van der Waals surface area contributed by atoms with Gasteiger partial charge in [0.2, 0.25) is 21.8 Å². The zero-order valence-corrected chi connectivity index (χ0v) is 21.4. The first-order chi connectivity index (χ1) is 15.8. The highest BCUT2D eigenvalue weighted by molar-refractivity contribution is 7.92. The molecule has 34 heavy (non-hydrogen) atoms. The van der Waals surface area contributed by atoms with Crippen LogP contribution in [0.5, 0.6) is 0 Å². The number of anilines is 1. The van der Waals surface area contributed by atoms with Gasteiger partial charge in [-0.05, 0) is 63.4 Å². The van der Waals surface area contributed by atoms with E-state index in [1.165, 1.54) is 29.2 Å². The van der Waals surface area contributed by atoms with Crippen molar-refractivity contribution < 1.29 is 22.4 Å². The summed E-state index contributed by atoms with van der Waals surface area (Å²) < 4.78 is 39.7. The van der Waals surface area contributed by atoms with Crippen molar-refractivity contribution >= 4 is 27.5 Å². The van der Waals surface area contributed by atoms with Gasteiger partial charge in [0, 0.05) is 12.6 Å². The van der Waals surface area contributed by atoms with Crippen molar-refractivity contribution in [1.82, 2.24) is 10.2 Å². The first kappa shape index (κ1) is 27.3. The number of aryl methyl sites for hydroxylation is 2. The Morgan fingerprint density at radius 3 is 2.21 bits per heavy atom. The molecule has 186 valence electrons. The average Bonchev–Trinajstić information content (AvgIpc) is 2.76. The van der Waals surface area contributed by atoms with E-state index in [2.05, 4.69) is 5.32 Å². The van der Waals surface area contributed by atoms with Gasteiger partial charge >= 0.3 is 0 Å². The molecule has 0 bridgehead atoms. The second kappa shape index (κ2) is 11.5. The molecular weight excluding hydrogens is 457 g/mol. The van der Waals surface area contributed by atoms with E-state index >= 15 is 0 Å². The third-order valence-electron chi connectivity index (χ3n) is 5.73. The van der Waals surface area contributed by atoms with Crippen LogP contribution in [0.2, 0.25) is 0 Å². The monoisotopic (exact) mass is 491 g/mol. The maximum absolute atomic E-state index is 13.5. The highest BCUT2D eigenvalue weighted by atomic mass is 32.2. The molecular formula is C25H34FN3O4S. The number of amides is 2. The molecule has 2 aromatic rings. The molecule has 0 unspecified atom stereocenters. The first-order valence-corrected chi connectivity index (χ1v) is 13.1. The van der Waals surface area contributed by atoms with Crippen LogP contribution in [0.25, 0.3) is 0 Å². The van der Waals surface area contributed by atoms with E-state index in [0.717, 1.165) is 22.5 Å². The Morgan fingerprint density at radius 1 is 1.06 bits per heavy atom. The van der Waals surface area contributed by atoms with E-state index in [1.54, 1.807) is 26.0 Å². The summed E-state index contributed by atoms with van der Waals surface area (Å²) in [6, 6.07) is 9.97. The zero-order valence-electron chi connectivity index (χ0n) is 20.6. The van der Waals surface area contributed by atoms with Gasteiger partial charge in [-0.2, -0.15) is 0 Å². The van der Waals surface area contributed by atoms with Crippen LogP contribution >= 0.6 is 0 Å². The highest BCUT2D eigenvalue weighted by Crippen LogP contribution is 2.24. The summed E-state index contributed by atoms with van der Waals surface area (Å²) in [5.41, 5.74) is 2.70. The van der Waals surface area contributed by atoms with Gasteiger partial charge in [-0.1, -0.05) is 36.8 Å². The average molecular weight is 492 g/mol. The molecule has 0 radical (unpaired) electrons. The number of benzene rings is 2. The number of carbonyl (C=O) groups is 2. The standard InChI is InChI=1S/C25H34FN3O4S/c1-7-19(4)27-25(31)20(5)28(15-21-9-11-22(26)12-10-21)24(30)16-29(34(6,32)33)23-13-8-17(2)14-18(23)3/h8-14,19-20H,7,15-16H2,1-6H3,(H,27,31)/t19-,20-/m0/s1. The van der Waals surface area contributed by atoms with Gasteiger partial charge in [0.25, 0.3) is 0 Å². The summed E-state index contributed by atoms with van der Waals surface area (Å²) in [7, 11) is -3.79. The Bertz CT molecular complexity index is 1120. The van der Waals surface area contributed by atoms with Crippen LogP contribution in [0.4, 0.5) is 10.1 Å². The lowest BCUT2D eigenvalue weighted by molar-refractivity contribution is -0.139. The molecule has 1 N–H and O–H groups in total. The van der Waals surface area contributed by atoms with Gasteiger partial charge in [0.15, 0.2) is 0 Å². The minimum absolute atomic E-state index is 0.0265. The van der Waals surface area contributed by atoms with Crippen molar-refractivity contribution in [3.8, 4) is 0 Å². The molecule has 0 saturated carbocycles. The predicted molar refractivity (Wildman–Crippen MR) is 132 cm³/mol. The number of carbonyl (C=O) groups excluding carboxylic acids is 2. The molecule has 0 fully saturated rings. The van der Waals surface area contributed by atoms with E-state index in [1.807, 2.05) is 26.8 Å². The molecule has 2 atom stereocenters. The summed E-state index contributed by atoms with van der Waals surface area (Å²) in [5, 5.41) is 2.87. The maximum atomic E-state index is 13.5. The maximum Gasteiger partial charge on any atom is 0.244 e. The van der Waals surface area contributed by atoms with Crippen LogP contribution in [-0.2, 0) is 26.2 Å². The fraction of sp³-hybridized carbons (Fsp3) is 0.440. The minimum atomic E-state index is -3.79. The van der Waals surface area contributed by atoms with Gasteiger partial charge in [-0.25, -0.2) is 12.8 Å². The van der Waals surface area contributed by atoms with Crippen molar-refractivity contribution in [3.05, 3.63) is 65.0 Å². The highest BCUT2D eigenvalue weighted by Gasteiger charge is 2.30. The van der Waals surface area contributed by atoms with Crippen LogP contribution in [0.3, 0.4) is 0 Å². The molecule has 0 aliphatic heterocycles. The molecule has 2 aromatic carbocycles. The number of halogens is 1. The van der Waals surface area contributed by atoms with Gasteiger partial charge in [0.05, 0.1) is 11.9 Å². The van der Waals surface area contributed by atoms with E-state index in [0.29, 0.717) is 16.8 Å². The number of nitrogens with zero attached hydrogens (tertiary/aromatic N) is 2. The van der Waals surface area contributed by atoms with Crippen LogP contribution in [0.15, 0.2) is 42.5 Å². The number of nitrogens with one attached hydrogen (secondary N) is 1. The lowest BCUT2D eigenvalue weighted by atomic mass is 10.1. The fourth-order valence-electron chi connectivity index (χ4n) is 3.51. The fourth-order valence-corrected chi connectivity index (χ4v) is 4.42. The Morgan fingerprint density at radius 2 is 1.68 bits per heavy atom. The van der Waals surface area contributed by atoms with Crippen LogP contribution in [0, 0.1) is 19.7 Å². The second-order valence-electron chi connectivity index (χ2n) is 8.70. The van der Waals surface area contributed by atoms with Gasteiger partial charge in [-0.3, -0.25) is 13.9 Å². The Hall–Kier alpha value is -2.94. The number of rotatable bonds is 10. The van der Waals surface area contributed by atoms with E-state index in [-0.39, 0.29) is 18.5 Å². The molecule has 0 spiro atoms. The lowest BCUT2D eigenvalue weighted by Gasteiger charge is -2.32. The largest absolute Gasteiger partial charge is 0.352 e. The SMILES string of the molecule is CC[C@H](C)NC(=O)[C@H](C)N(Cc1ccc(F)cc1)C(=O)CN(c1ccc(C)cc1C)S(C)(=O)=O. The summed E-state index contributed by atoms with van der Waals surface area (Å²) >= 11 is 0. The van der Waals surface area contributed by atoms with E-state index in [9.17, 15) is 22.4 Å². The summed E-state index contributed by atoms with van der Waals surface area (Å²) in [6.45, 7) is 8.64. The van der Waals surface area contributed by atoms with Crippen molar-refractivity contribution in [3.63, 3.8) is 0 Å². The quantitative estimate of drug-likeness (QED) is 0.551. The van der Waals surface area contributed by atoms with Crippen LogP contribution < -0.4 is 9.62 Å². The molecule has 0 aliphatic carbocycles.